The zero-order valence-electron chi connectivity index (χ0n) is 20.2. The highest BCUT2D eigenvalue weighted by atomic mass is 35.5. The van der Waals surface area contributed by atoms with Crippen LogP contribution in [-0.4, -0.2) is 20.8 Å². The van der Waals surface area contributed by atoms with E-state index in [2.05, 4.69) is 52.0 Å². The number of rotatable bonds is 7. The third kappa shape index (κ3) is 6.24. The summed E-state index contributed by atoms with van der Waals surface area (Å²) in [6.07, 6.45) is 0. The minimum atomic E-state index is -0.303. The molecule has 1 aromatic heterocycles. The molecular weight excluding hydrogens is 478 g/mol. The maximum Gasteiger partial charge on any atom is 0.319 e. The maximum absolute atomic E-state index is 12.6. The molecule has 3 aromatic carbocycles. The van der Waals surface area contributed by atoms with Gasteiger partial charge in [-0.2, -0.15) is 0 Å². The van der Waals surface area contributed by atoms with Gasteiger partial charge in [-0.25, -0.2) is 4.79 Å². The lowest BCUT2D eigenvalue weighted by atomic mass is 10.1. The summed E-state index contributed by atoms with van der Waals surface area (Å²) in [6, 6.07) is 19.7. The highest BCUT2D eigenvalue weighted by Gasteiger charge is 2.18. The fourth-order valence-corrected chi connectivity index (χ4v) is 4.88. The molecule has 2 amide bonds. The van der Waals surface area contributed by atoms with Gasteiger partial charge in [0.15, 0.2) is 11.0 Å². The first-order chi connectivity index (χ1) is 16.8. The van der Waals surface area contributed by atoms with Crippen molar-refractivity contribution in [1.82, 2.24) is 20.1 Å². The number of aromatic nitrogens is 3. The molecule has 180 valence electrons. The van der Waals surface area contributed by atoms with Gasteiger partial charge in [0, 0.05) is 16.5 Å². The predicted molar refractivity (Wildman–Crippen MR) is 144 cm³/mol. The van der Waals surface area contributed by atoms with E-state index in [0.717, 1.165) is 39.0 Å². The van der Waals surface area contributed by atoms with E-state index < -0.39 is 0 Å². The van der Waals surface area contributed by atoms with Crippen LogP contribution in [0, 0.1) is 27.7 Å². The molecule has 0 atom stereocenters. The van der Waals surface area contributed by atoms with E-state index in [0.29, 0.717) is 10.8 Å². The Morgan fingerprint density at radius 2 is 1.74 bits per heavy atom. The van der Waals surface area contributed by atoms with Gasteiger partial charge in [0.2, 0.25) is 0 Å². The molecule has 4 rings (SSSR count). The van der Waals surface area contributed by atoms with Gasteiger partial charge in [-0.05, 0) is 62.6 Å². The normalized spacial score (nSPS) is 10.9. The average molecular weight is 506 g/mol. The SMILES string of the molecule is Cc1cccc(CSc2nnc(CNC(=O)Nc3ccc(C)cc3C)n2-c2cc(Cl)ccc2C)c1. The summed E-state index contributed by atoms with van der Waals surface area (Å²) in [5.41, 5.74) is 7.28. The summed E-state index contributed by atoms with van der Waals surface area (Å²) >= 11 is 7.93. The van der Waals surface area contributed by atoms with E-state index in [1.54, 1.807) is 11.8 Å². The number of hydrogen-bond acceptors (Lipinski definition) is 4. The predicted octanol–water partition coefficient (Wildman–Crippen LogP) is 6.77. The highest BCUT2D eigenvalue weighted by Crippen LogP contribution is 2.28. The van der Waals surface area contributed by atoms with Crippen molar-refractivity contribution in [2.24, 2.45) is 0 Å². The number of nitrogens with zero attached hydrogens (tertiary/aromatic N) is 3. The second kappa shape index (κ2) is 11.0. The minimum Gasteiger partial charge on any atom is -0.331 e. The number of nitrogens with one attached hydrogen (secondary N) is 2. The Balaban J connectivity index is 1.56. The Kier molecular flexibility index (Phi) is 7.78. The lowest BCUT2D eigenvalue weighted by Gasteiger charge is -2.14. The molecule has 0 aliphatic heterocycles. The van der Waals surface area contributed by atoms with Gasteiger partial charge in [-0.1, -0.05) is 77.0 Å². The number of anilines is 1. The molecule has 35 heavy (non-hydrogen) atoms. The van der Waals surface area contributed by atoms with Gasteiger partial charge in [0.25, 0.3) is 0 Å². The number of hydrogen-bond donors (Lipinski definition) is 2. The highest BCUT2D eigenvalue weighted by molar-refractivity contribution is 7.98. The van der Waals surface area contributed by atoms with Gasteiger partial charge in [-0.15, -0.1) is 10.2 Å². The van der Waals surface area contributed by atoms with Crippen molar-refractivity contribution >= 4 is 35.1 Å². The van der Waals surface area contributed by atoms with Gasteiger partial charge < -0.3 is 10.6 Å². The number of halogens is 1. The van der Waals surface area contributed by atoms with Crippen LogP contribution in [0.25, 0.3) is 5.69 Å². The van der Waals surface area contributed by atoms with Crippen molar-refractivity contribution in [3.05, 3.63) is 99.3 Å². The Hall–Kier alpha value is -3.29. The molecule has 2 N–H and O–H groups in total. The maximum atomic E-state index is 12.6. The second-order valence-electron chi connectivity index (χ2n) is 8.57. The fourth-order valence-electron chi connectivity index (χ4n) is 3.80. The van der Waals surface area contributed by atoms with Crippen LogP contribution in [0.15, 0.2) is 65.8 Å². The molecule has 0 aliphatic rings. The van der Waals surface area contributed by atoms with Gasteiger partial charge in [0.05, 0.1) is 12.2 Å². The first-order valence-corrected chi connectivity index (χ1v) is 12.7. The molecule has 0 aliphatic carbocycles. The quantitative estimate of drug-likeness (QED) is 0.272. The number of amides is 2. The average Bonchev–Trinajstić information content (AvgIpc) is 3.22. The molecule has 0 spiro atoms. The molecule has 0 radical (unpaired) electrons. The first-order valence-electron chi connectivity index (χ1n) is 11.3. The van der Waals surface area contributed by atoms with Gasteiger partial charge in [-0.3, -0.25) is 4.57 Å². The van der Waals surface area contributed by atoms with E-state index in [-0.39, 0.29) is 12.6 Å². The van der Waals surface area contributed by atoms with Crippen LogP contribution < -0.4 is 10.6 Å². The fraction of sp³-hybridized carbons (Fsp3) is 0.222. The molecule has 0 unspecified atom stereocenters. The Morgan fingerprint density at radius 3 is 2.51 bits per heavy atom. The third-order valence-corrected chi connectivity index (χ3v) is 6.84. The number of urea groups is 1. The molecule has 1 heterocycles. The first kappa shape index (κ1) is 24.8. The monoisotopic (exact) mass is 505 g/mol. The van der Waals surface area contributed by atoms with Crippen LogP contribution in [0.2, 0.25) is 5.02 Å². The molecular formula is C27H28ClN5OS. The van der Waals surface area contributed by atoms with Crippen molar-refractivity contribution in [1.29, 1.82) is 0 Å². The number of benzene rings is 3. The Morgan fingerprint density at radius 1 is 0.943 bits per heavy atom. The van der Waals surface area contributed by atoms with Crippen LogP contribution in [0.5, 0.6) is 0 Å². The van der Waals surface area contributed by atoms with Crippen LogP contribution in [0.3, 0.4) is 0 Å². The second-order valence-corrected chi connectivity index (χ2v) is 9.95. The zero-order chi connectivity index (χ0) is 24.9. The van der Waals surface area contributed by atoms with Crippen molar-refractivity contribution in [3.8, 4) is 5.69 Å². The molecule has 0 fully saturated rings. The van der Waals surface area contributed by atoms with Gasteiger partial charge >= 0.3 is 6.03 Å². The van der Waals surface area contributed by atoms with Crippen LogP contribution in [0.1, 0.15) is 33.6 Å². The lowest BCUT2D eigenvalue weighted by molar-refractivity contribution is 0.251. The van der Waals surface area contributed by atoms with Crippen LogP contribution in [-0.2, 0) is 12.3 Å². The van der Waals surface area contributed by atoms with Gasteiger partial charge in [0.1, 0.15) is 0 Å². The van der Waals surface area contributed by atoms with E-state index in [9.17, 15) is 4.79 Å². The van der Waals surface area contributed by atoms with Crippen LogP contribution in [0.4, 0.5) is 10.5 Å². The third-order valence-electron chi connectivity index (χ3n) is 5.60. The number of carbonyl (C=O) groups excluding carboxylic acids is 1. The van der Waals surface area contributed by atoms with Crippen molar-refractivity contribution in [2.45, 2.75) is 45.1 Å². The Bertz CT molecular complexity index is 1370. The molecule has 8 heteroatoms. The summed E-state index contributed by atoms with van der Waals surface area (Å²) in [5, 5.41) is 16.0. The summed E-state index contributed by atoms with van der Waals surface area (Å²) in [6.45, 7) is 8.30. The number of aryl methyl sites for hydroxylation is 4. The smallest absolute Gasteiger partial charge is 0.319 e. The lowest BCUT2D eigenvalue weighted by Crippen LogP contribution is -2.29. The van der Waals surface area contributed by atoms with Crippen LogP contribution >= 0.6 is 23.4 Å². The van der Waals surface area contributed by atoms with E-state index in [1.165, 1.54) is 11.1 Å². The largest absolute Gasteiger partial charge is 0.331 e. The number of carbonyl (C=O) groups is 1. The van der Waals surface area contributed by atoms with Crippen molar-refractivity contribution in [2.75, 3.05) is 5.32 Å². The van der Waals surface area contributed by atoms with E-state index >= 15 is 0 Å². The van der Waals surface area contributed by atoms with E-state index in [4.69, 9.17) is 11.6 Å². The zero-order valence-corrected chi connectivity index (χ0v) is 21.8. The minimum absolute atomic E-state index is 0.209. The Labute approximate surface area is 215 Å². The summed E-state index contributed by atoms with van der Waals surface area (Å²) in [5.74, 6) is 1.37. The molecule has 0 saturated carbocycles. The summed E-state index contributed by atoms with van der Waals surface area (Å²) in [7, 11) is 0. The molecule has 4 aromatic rings. The molecule has 6 nitrogen and oxygen atoms in total. The number of thioether (sulfide) groups is 1. The van der Waals surface area contributed by atoms with E-state index in [1.807, 2.05) is 61.7 Å². The van der Waals surface area contributed by atoms with Crippen molar-refractivity contribution < 1.29 is 4.79 Å². The summed E-state index contributed by atoms with van der Waals surface area (Å²) in [4.78, 5) is 12.6. The van der Waals surface area contributed by atoms with Crippen molar-refractivity contribution in [3.63, 3.8) is 0 Å². The topological polar surface area (TPSA) is 71.8 Å². The standard InChI is InChI=1S/C27H28ClN5OS/c1-17-6-5-7-21(13-17)16-35-27-32-31-25(33(27)24-14-22(28)10-9-19(24)3)15-29-26(34)30-23-11-8-18(2)12-20(23)4/h5-14H,15-16H2,1-4H3,(H2,29,30,34). The summed E-state index contributed by atoms with van der Waals surface area (Å²) < 4.78 is 1.97. The molecule has 0 bridgehead atoms. The molecule has 0 saturated heterocycles.